The Labute approximate surface area is 119 Å². The topological polar surface area (TPSA) is 39.1 Å². The normalized spacial score (nSPS) is 14.1. The van der Waals surface area contributed by atoms with Gasteiger partial charge in [-0.15, -0.1) is 0 Å². The lowest BCUT2D eigenvalue weighted by molar-refractivity contribution is 0.414. The molecule has 106 valence electrons. The molecule has 1 aromatic carbocycles. The minimum absolute atomic E-state index is 0.905. The largest absolute Gasteiger partial charge is 0.497 e. The molecule has 0 bridgehead atoms. The van der Waals surface area contributed by atoms with Crippen LogP contribution in [0.15, 0.2) is 24.3 Å². The molecule has 4 nitrogen and oxygen atoms in total. The van der Waals surface area contributed by atoms with Crippen LogP contribution in [0.5, 0.6) is 5.75 Å². The number of ether oxygens (including phenoxy) is 1. The maximum Gasteiger partial charge on any atom is 0.119 e. The summed E-state index contributed by atoms with van der Waals surface area (Å²) in [6.07, 6.45) is 2.09. The number of hydrogen-bond donors (Lipinski definition) is 1. The lowest BCUT2D eigenvalue weighted by Crippen LogP contribution is -2.25. The third-order valence-electron chi connectivity index (χ3n) is 3.94. The molecular formula is C16H21N3O. The van der Waals surface area contributed by atoms with Crippen molar-refractivity contribution in [2.45, 2.75) is 32.9 Å². The van der Waals surface area contributed by atoms with Crippen molar-refractivity contribution >= 4 is 0 Å². The van der Waals surface area contributed by atoms with E-state index in [4.69, 9.17) is 4.74 Å². The number of nitrogens with zero attached hydrogens (tertiary/aromatic N) is 2. The van der Waals surface area contributed by atoms with Gasteiger partial charge < -0.3 is 14.6 Å². The molecule has 20 heavy (non-hydrogen) atoms. The van der Waals surface area contributed by atoms with Crippen molar-refractivity contribution < 1.29 is 4.74 Å². The Hall–Kier alpha value is -1.81. The highest BCUT2D eigenvalue weighted by Crippen LogP contribution is 2.18. The van der Waals surface area contributed by atoms with Crippen LogP contribution in [0, 0.1) is 6.92 Å². The minimum Gasteiger partial charge on any atom is -0.497 e. The van der Waals surface area contributed by atoms with Crippen molar-refractivity contribution in [2.75, 3.05) is 13.7 Å². The quantitative estimate of drug-likeness (QED) is 0.925. The van der Waals surface area contributed by atoms with Gasteiger partial charge in [0.2, 0.25) is 0 Å². The van der Waals surface area contributed by atoms with Gasteiger partial charge in [-0.2, -0.15) is 0 Å². The Bertz CT molecular complexity index is 604. The Morgan fingerprint density at radius 2 is 2.30 bits per heavy atom. The molecule has 0 atom stereocenters. The van der Waals surface area contributed by atoms with Crippen molar-refractivity contribution in [1.29, 1.82) is 0 Å². The van der Waals surface area contributed by atoms with Gasteiger partial charge in [-0.25, -0.2) is 4.98 Å². The second kappa shape index (κ2) is 5.67. The molecule has 1 aliphatic rings. The molecule has 1 N–H and O–H groups in total. The number of aryl methyl sites for hydroxylation is 2. The number of benzene rings is 1. The van der Waals surface area contributed by atoms with Crippen molar-refractivity contribution in [3.05, 3.63) is 47.0 Å². The highest BCUT2D eigenvalue weighted by atomic mass is 16.5. The van der Waals surface area contributed by atoms with Crippen LogP contribution >= 0.6 is 0 Å². The summed E-state index contributed by atoms with van der Waals surface area (Å²) in [5.41, 5.74) is 3.93. The highest BCUT2D eigenvalue weighted by Gasteiger charge is 2.17. The number of aromatic nitrogens is 2. The standard InChI is InChI=1S/C16H21N3O/c1-12-18-15-11-17-8-6-16(15)19(12)9-7-13-4-3-5-14(10-13)20-2/h3-5,10,17H,6-9,11H2,1-2H3. The van der Waals surface area contributed by atoms with Crippen molar-refractivity contribution in [3.63, 3.8) is 0 Å². The molecule has 0 saturated heterocycles. The van der Waals surface area contributed by atoms with Gasteiger partial charge in [-0.1, -0.05) is 12.1 Å². The van der Waals surface area contributed by atoms with Crippen molar-refractivity contribution in [3.8, 4) is 5.75 Å². The summed E-state index contributed by atoms with van der Waals surface area (Å²) >= 11 is 0. The van der Waals surface area contributed by atoms with Crippen LogP contribution in [0.3, 0.4) is 0 Å². The average Bonchev–Trinajstić information content (AvgIpc) is 2.81. The van der Waals surface area contributed by atoms with E-state index in [1.54, 1.807) is 7.11 Å². The first-order valence-electron chi connectivity index (χ1n) is 7.16. The van der Waals surface area contributed by atoms with Gasteiger partial charge in [0.1, 0.15) is 11.6 Å². The van der Waals surface area contributed by atoms with Crippen LogP contribution in [0.2, 0.25) is 0 Å². The fraction of sp³-hybridized carbons (Fsp3) is 0.438. The zero-order valence-corrected chi connectivity index (χ0v) is 12.1. The molecule has 0 amide bonds. The van der Waals surface area contributed by atoms with Gasteiger partial charge in [-0.3, -0.25) is 0 Å². The van der Waals surface area contributed by atoms with Crippen molar-refractivity contribution in [2.24, 2.45) is 0 Å². The lowest BCUT2D eigenvalue weighted by atomic mass is 10.1. The number of hydrogen-bond acceptors (Lipinski definition) is 3. The van der Waals surface area contributed by atoms with Gasteiger partial charge >= 0.3 is 0 Å². The van der Waals surface area contributed by atoms with Crippen LogP contribution < -0.4 is 10.1 Å². The van der Waals surface area contributed by atoms with Gasteiger partial charge in [0.05, 0.1) is 12.8 Å². The van der Waals surface area contributed by atoms with E-state index >= 15 is 0 Å². The van der Waals surface area contributed by atoms with Crippen LogP contribution in [0.1, 0.15) is 22.8 Å². The molecule has 2 heterocycles. The van der Waals surface area contributed by atoms with Crippen molar-refractivity contribution in [1.82, 2.24) is 14.9 Å². The van der Waals surface area contributed by atoms with E-state index in [0.717, 1.165) is 44.0 Å². The third kappa shape index (κ3) is 2.56. The Morgan fingerprint density at radius 3 is 3.15 bits per heavy atom. The first-order chi connectivity index (χ1) is 9.78. The van der Waals surface area contributed by atoms with Gasteiger partial charge in [0, 0.05) is 31.7 Å². The average molecular weight is 271 g/mol. The lowest BCUT2D eigenvalue weighted by Gasteiger charge is -2.16. The summed E-state index contributed by atoms with van der Waals surface area (Å²) in [4.78, 5) is 4.67. The third-order valence-corrected chi connectivity index (χ3v) is 3.94. The fourth-order valence-electron chi connectivity index (χ4n) is 2.87. The molecule has 0 spiro atoms. The first-order valence-corrected chi connectivity index (χ1v) is 7.16. The fourth-order valence-corrected chi connectivity index (χ4v) is 2.87. The molecule has 0 saturated carbocycles. The van der Waals surface area contributed by atoms with Gasteiger partial charge in [-0.05, 0) is 31.0 Å². The van der Waals surface area contributed by atoms with E-state index in [1.807, 2.05) is 12.1 Å². The van der Waals surface area contributed by atoms with E-state index in [9.17, 15) is 0 Å². The molecule has 0 unspecified atom stereocenters. The number of imidazole rings is 1. The molecule has 2 aromatic rings. The highest BCUT2D eigenvalue weighted by molar-refractivity contribution is 5.28. The van der Waals surface area contributed by atoms with E-state index in [-0.39, 0.29) is 0 Å². The van der Waals surface area contributed by atoms with Crippen LogP contribution in [0.4, 0.5) is 0 Å². The monoisotopic (exact) mass is 271 g/mol. The summed E-state index contributed by atoms with van der Waals surface area (Å²) in [5, 5.41) is 3.38. The maximum absolute atomic E-state index is 5.28. The summed E-state index contributed by atoms with van der Waals surface area (Å²) in [5.74, 6) is 2.05. The molecule has 1 aromatic heterocycles. The second-order valence-corrected chi connectivity index (χ2v) is 5.23. The molecule has 0 radical (unpaired) electrons. The smallest absolute Gasteiger partial charge is 0.119 e. The Balaban J connectivity index is 1.76. The van der Waals surface area contributed by atoms with E-state index < -0.39 is 0 Å². The van der Waals surface area contributed by atoms with Crippen LogP contribution in [-0.2, 0) is 25.9 Å². The Morgan fingerprint density at radius 1 is 1.40 bits per heavy atom. The molecular weight excluding hydrogens is 250 g/mol. The van der Waals surface area contributed by atoms with E-state index in [2.05, 4.69) is 33.9 Å². The number of rotatable bonds is 4. The molecule has 4 heteroatoms. The summed E-state index contributed by atoms with van der Waals surface area (Å²) in [7, 11) is 1.71. The molecule has 0 fully saturated rings. The number of methoxy groups -OCH3 is 1. The first kappa shape index (κ1) is 13.2. The molecule has 3 rings (SSSR count). The van der Waals surface area contributed by atoms with Gasteiger partial charge in [0.15, 0.2) is 0 Å². The predicted molar refractivity (Wildman–Crippen MR) is 79.1 cm³/mol. The zero-order chi connectivity index (χ0) is 13.9. The maximum atomic E-state index is 5.28. The molecule has 0 aliphatic carbocycles. The van der Waals surface area contributed by atoms with Gasteiger partial charge in [0.25, 0.3) is 0 Å². The number of fused-ring (bicyclic) bond motifs is 1. The molecule has 1 aliphatic heterocycles. The van der Waals surface area contributed by atoms with E-state index in [0.29, 0.717) is 0 Å². The summed E-state index contributed by atoms with van der Waals surface area (Å²) in [6.45, 7) is 5.05. The Kier molecular flexibility index (Phi) is 3.74. The SMILES string of the molecule is COc1cccc(CCn2c(C)nc3c2CCNC3)c1. The summed E-state index contributed by atoms with van der Waals surface area (Å²) < 4.78 is 7.65. The van der Waals surface area contributed by atoms with Crippen LogP contribution in [0.25, 0.3) is 0 Å². The van der Waals surface area contributed by atoms with E-state index in [1.165, 1.54) is 17.0 Å². The zero-order valence-electron chi connectivity index (χ0n) is 12.1. The summed E-state index contributed by atoms with van der Waals surface area (Å²) in [6, 6.07) is 8.30. The van der Waals surface area contributed by atoms with Crippen LogP contribution in [-0.4, -0.2) is 23.2 Å². The number of nitrogens with one attached hydrogen (secondary N) is 1. The minimum atomic E-state index is 0.905. The second-order valence-electron chi connectivity index (χ2n) is 5.23. The predicted octanol–water partition coefficient (Wildman–Crippen LogP) is 2.09.